The fourth-order valence-electron chi connectivity index (χ4n) is 7.02. The van der Waals surface area contributed by atoms with Crippen LogP contribution in [-0.4, -0.2) is 35.6 Å². The molecule has 0 N–H and O–H groups in total. The SMILES string of the molecule is Cc1ccc(Oc2ccc(-c3ccc(Oc4ccc(N5C(=O)c6ccc(-c7ccc(-c8ccc9c(c8)C(=O)N(C)C9=O)cc7)cc6C5=O)cc4)cc3)cc2)cc1. The summed E-state index contributed by atoms with van der Waals surface area (Å²) in [5.41, 5.74) is 8.50. The number of anilines is 1. The van der Waals surface area contributed by atoms with Gasteiger partial charge in [0.1, 0.15) is 23.0 Å². The molecule has 270 valence electrons. The first-order chi connectivity index (χ1) is 27.2. The Kier molecular flexibility index (Phi) is 8.36. The molecular weight excluding hydrogens is 701 g/mol. The molecule has 2 aliphatic rings. The minimum atomic E-state index is -0.398. The van der Waals surface area contributed by atoms with E-state index >= 15 is 0 Å². The van der Waals surface area contributed by atoms with Crippen LogP contribution in [0.4, 0.5) is 5.69 Å². The number of aryl methyl sites for hydroxylation is 1. The van der Waals surface area contributed by atoms with Gasteiger partial charge >= 0.3 is 0 Å². The van der Waals surface area contributed by atoms with Gasteiger partial charge in [0.05, 0.1) is 27.9 Å². The number of hydrogen-bond donors (Lipinski definition) is 0. The molecule has 0 spiro atoms. The minimum Gasteiger partial charge on any atom is -0.457 e. The molecule has 0 atom stereocenters. The van der Waals surface area contributed by atoms with Gasteiger partial charge in [-0.15, -0.1) is 0 Å². The number of benzene rings is 7. The van der Waals surface area contributed by atoms with Crippen molar-refractivity contribution in [2.24, 2.45) is 0 Å². The molecule has 0 unspecified atom stereocenters. The number of carbonyl (C=O) groups is 4. The zero-order valence-corrected chi connectivity index (χ0v) is 30.4. The van der Waals surface area contributed by atoms with Gasteiger partial charge in [-0.05, 0) is 125 Å². The van der Waals surface area contributed by atoms with Crippen LogP contribution in [0.3, 0.4) is 0 Å². The summed E-state index contributed by atoms with van der Waals surface area (Å²) in [6.45, 7) is 2.04. The van der Waals surface area contributed by atoms with E-state index in [1.54, 1.807) is 48.5 Å². The third-order valence-corrected chi connectivity index (χ3v) is 10.2. The molecular formula is C48H32N2O6. The second-order valence-corrected chi connectivity index (χ2v) is 13.8. The van der Waals surface area contributed by atoms with Crippen molar-refractivity contribution in [2.75, 3.05) is 11.9 Å². The van der Waals surface area contributed by atoms with Crippen LogP contribution in [0.5, 0.6) is 23.0 Å². The van der Waals surface area contributed by atoms with Crippen LogP contribution in [-0.2, 0) is 0 Å². The average molecular weight is 733 g/mol. The number of ether oxygens (including phenoxy) is 2. The van der Waals surface area contributed by atoms with E-state index in [-0.39, 0.29) is 17.7 Å². The van der Waals surface area contributed by atoms with Crippen molar-refractivity contribution in [2.45, 2.75) is 6.92 Å². The molecule has 0 aromatic heterocycles. The molecule has 0 fully saturated rings. The van der Waals surface area contributed by atoms with Gasteiger partial charge in [0.2, 0.25) is 0 Å². The first-order valence-electron chi connectivity index (χ1n) is 18.0. The van der Waals surface area contributed by atoms with Crippen LogP contribution in [0.25, 0.3) is 33.4 Å². The first-order valence-corrected chi connectivity index (χ1v) is 18.0. The van der Waals surface area contributed by atoms with E-state index in [0.717, 1.165) is 49.8 Å². The van der Waals surface area contributed by atoms with Crippen molar-refractivity contribution in [1.82, 2.24) is 4.90 Å². The van der Waals surface area contributed by atoms with Crippen LogP contribution in [0.2, 0.25) is 0 Å². The number of rotatable bonds is 8. The predicted octanol–water partition coefficient (Wildman–Crippen LogP) is 10.6. The van der Waals surface area contributed by atoms with E-state index in [0.29, 0.717) is 39.4 Å². The number of carbonyl (C=O) groups excluding carboxylic acids is 4. The quantitative estimate of drug-likeness (QED) is 0.144. The van der Waals surface area contributed by atoms with Crippen LogP contribution in [0.1, 0.15) is 47.0 Å². The highest BCUT2D eigenvalue weighted by Gasteiger charge is 2.37. The molecule has 56 heavy (non-hydrogen) atoms. The molecule has 9 rings (SSSR count). The normalized spacial score (nSPS) is 13.2. The molecule has 0 aliphatic carbocycles. The van der Waals surface area contributed by atoms with Gasteiger partial charge in [0, 0.05) is 7.05 Å². The number of imide groups is 2. The standard InChI is InChI=1S/C48H32N2O6/c1-29-3-17-37(18-4-29)55-38-19-9-30(10-20-38)31-11-21-39(22-12-31)56-40-23-15-36(16-24-40)50-47(53)42-26-14-35(28-44(42)48(50)54)33-7-5-32(6-8-33)34-13-25-41-43(27-34)46(52)49(2)45(41)51/h3-28H,1-2H3. The maximum Gasteiger partial charge on any atom is 0.266 e. The molecule has 0 saturated carbocycles. The monoisotopic (exact) mass is 732 g/mol. The van der Waals surface area contributed by atoms with Gasteiger partial charge < -0.3 is 9.47 Å². The number of amides is 4. The maximum atomic E-state index is 13.6. The van der Waals surface area contributed by atoms with Crippen molar-refractivity contribution >= 4 is 29.3 Å². The molecule has 7 aromatic carbocycles. The third-order valence-electron chi connectivity index (χ3n) is 10.2. The molecule has 0 bridgehead atoms. The number of nitrogens with zero attached hydrogens (tertiary/aromatic N) is 2. The van der Waals surface area contributed by atoms with E-state index < -0.39 is 5.91 Å². The van der Waals surface area contributed by atoms with Crippen molar-refractivity contribution in [1.29, 1.82) is 0 Å². The Balaban J connectivity index is 0.852. The third kappa shape index (κ3) is 6.19. The molecule has 4 amide bonds. The highest BCUT2D eigenvalue weighted by molar-refractivity contribution is 6.34. The smallest absolute Gasteiger partial charge is 0.266 e. The van der Waals surface area contributed by atoms with Crippen molar-refractivity contribution in [3.8, 4) is 56.4 Å². The lowest BCUT2D eigenvalue weighted by molar-refractivity contribution is 0.0692. The molecule has 8 nitrogen and oxygen atoms in total. The number of fused-ring (bicyclic) bond motifs is 2. The Morgan fingerprint density at radius 1 is 0.357 bits per heavy atom. The molecule has 2 heterocycles. The summed E-state index contributed by atoms with van der Waals surface area (Å²) in [4.78, 5) is 54.2. The second-order valence-electron chi connectivity index (χ2n) is 13.8. The lowest BCUT2D eigenvalue weighted by Gasteiger charge is -2.14. The zero-order valence-electron chi connectivity index (χ0n) is 30.4. The topological polar surface area (TPSA) is 93.2 Å². The lowest BCUT2D eigenvalue weighted by atomic mass is 9.96. The molecule has 0 saturated heterocycles. The van der Waals surface area contributed by atoms with Crippen LogP contribution in [0.15, 0.2) is 158 Å². The summed E-state index contributed by atoms with van der Waals surface area (Å²) in [5, 5.41) is 0. The summed E-state index contributed by atoms with van der Waals surface area (Å²) in [6, 6.07) is 48.7. The summed E-state index contributed by atoms with van der Waals surface area (Å²) in [7, 11) is 1.48. The lowest BCUT2D eigenvalue weighted by Crippen LogP contribution is -2.29. The van der Waals surface area contributed by atoms with Gasteiger partial charge in [-0.1, -0.05) is 78.4 Å². The maximum absolute atomic E-state index is 13.6. The van der Waals surface area contributed by atoms with E-state index in [1.165, 1.54) is 17.5 Å². The summed E-state index contributed by atoms with van der Waals surface area (Å²) in [6.07, 6.45) is 0. The van der Waals surface area contributed by atoms with Gasteiger partial charge in [-0.3, -0.25) is 24.1 Å². The van der Waals surface area contributed by atoms with E-state index in [1.807, 2.05) is 116 Å². The van der Waals surface area contributed by atoms with Gasteiger partial charge in [-0.25, -0.2) is 4.90 Å². The first kappa shape index (κ1) is 34.2. The minimum absolute atomic E-state index is 0.303. The second kappa shape index (κ2) is 13.7. The summed E-state index contributed by atoms with van der Waals surface area (Å²) in [5.74, 6) is 1.36. The zero-order chi connectivity index (χ0) is 38.5. The molecule has 8 heteroatoms. The van der Waals surface area contributed by atoms with Gasteiger partial charge in [0.25, 0.3) is 23.6 Å². The highest BCUT2D eigenvalue weighted by Crippen LogP contribution is 2.35. The van der Waals surface area contributed by atoms with Crippen molar-refractivity contribution in [3.63, 3.8) is 0 Å². The van der Waals surface area contributed by atoms with E-state index in [4.69, 9.17) is 9.47 Å². The molecule has 2 aliphatic heterocycles. The summed E-state index contributed by atoms with van der Waals surface area (Å²) >= 11 is 0. The van der Waals surface area contributed by atoms with Gasteiger partial charge in [-0.2, -0.15) is 0 Å². The highest BCUT2D eigenvalue weighted by atomic mass is 16.5. The Bertz CT molecular complexity index is 2700. The van der Waals surface area contributed by atoms with Crippen LogP contribution < -0.4 is 14.4 Å². The van der Waals surface area contributed by atoms with E-state index in [2.05, 4.69) is 0 Å². The predicted molar refractivity (Wildman–Crippen MR) is 215 cm³/mol. The fourth-order valence-corrected chi connectivity index (χ4v) is 7.02. The Hall–Kier alpha value is -7.58. The number of hydrogen-bond acceptors (Lipinski definition) is 6. The van der Waals surface area contributed by atoms with E-state index in [9.17, 15) is 19.2 Å². The molecule has 7 aromatic rings. The Morgan fingerprint density at radius 3 is 1.16 bits per heavy atom. The van der Waals surface area contributed by atoms with Crippen molar-refractivity contribution in [3.05, 3.63) is 186 Å². The average Bonchev–Trinajstić information content (AvgIpc) is 3.61. The molecule has 0 radical (unpaired) electrons. The van der Waals surface area contributed by atoms with Crippen LogP contribution in [0, 0.1) is 6.92 Å². The Labute approximate surface area is 322 Å². The van der Waals surface area contributed by atoms with Crippen molar-refractivity contribution < 1.29 is 28.7 Å². The Morgan fingerprint density at radius 2 is 0.679 bits per heavy atom. The summed E-state index contributed by atoms with van der Waals surface area (Å²) < 4.78 is 12.0. The van der Waals surface area contributed by atoms with Gasteiger partial charge in [0.15, 0.2) is 0 Å². The largest absolute Gasteiger partial charge is 0.457 e. The fraction of sp³-hybridized carbons (Fsp3) is 0.0417. The van der Waals surface area contributed by atoms with Crippen LogP contribution >= 0.6 is 0 Å².